The van der Waals surface area contributed by atoms with Crippen LogP contribution >= 0.6 is 15.9 Å². The SMILES string of the molecule is Cc1cc(NC(=O)[C@@H](C(C)C)N2Cc3ccccc3C2=O)ccc1Br. The van der Waals surface area contributed by atoms with Gasteiger partial charge in [-0.2, -0.15) is 0 Å². The molecule has 2 aromatic carbocycles. The molecule has 130 valence electrons. The Hall–Kier alpha value is -2.14. The van der Waals surface area contributed by atoms with E-state index in [1.54, 1.807) is 4.90 Å². The summed E-state index contributed by atoms with van der Waals surface area (Å²) in [4.78, 5) is 27.3. The molecule has 1 heterocycles. The molecule has 0 fully saturated rings. The Morgan fingerprint density at radius 2 is 1.92 bits per heavy atom. The highest BCUT2D eigenvalue weighted by Gasteiger charge is 2.37. The second kappa shape index (κ2) is 7.00. The van der Waals surface area contributed by atoms with Crippen molar-refractivity contribution in [2.45, 2.75) is 33.4 Å². The third-order valence-electron chi connectivity index (χ3n) is 4.51. The largest absolute Gasteiger partial charge is 0.324 e. The maximum Gasteiger partial charge on any atom is 0.255 e. The Morgan fingerprint density at radius 1 is 1.20 bits per heavy atom. The molecule has 1 N–H and O–H groups in total. The van der Waals surface area contributed by atoms with Crippen molar-refractivity contribution in [3.63, 3.8) is 0 Å². The van der Waals surface area contributed by atoms with Crippen molar-refractivity contribution in [1.82, 2.24) is 4.90 Å². The summed E-state index contributed by atoms with van der Waals surface area (Å²) in [5.41, 5.74) is 3.45. The minimum atomic E-state index is -0.510. The number of nitrogens with zero attached hydrogens (tertiary/aromatic N) is 1. The van der Waals surface area contributed by atoms with Crippen LogP contribution in [-0.2, 0) is 11.3 Å². The Balaban J connectivity index is 1.83. The van der Waals surface area contributed by atoms with Crippen molar-refractivity contribution in [3.05, 3.63) is 63.6 Å². The van der Waals surface area contributed by atoms with Gasteiger partial charge in [0.2, 0.25) is 5.91 Å². The second-order valence-corrected chi connectivity index (χ2v) is 7.59. The lowest BCUT2D eigenvalue weighted by Crippen LogP contribution is -2.47. The Kier molecular flexibility index (Phi) is 4.95. The van der Waals surface area contributed by atoms with E-state index in [4.69, 9.17) is 0 Å². The minimum Gasteiger partial charge on any atom is -0.324 e. The third kappa shape index (κ3) is 3.47. The fourth-order valence-corrected chi connectivity index (χ4v) is 3.49. The van der Waals surface area contributed by atoms with Crippen LogP contribution in [0.4, 0.5) is 5.69 Å². The summed E-state index contributed by atoms with van der Waals surface area (Å²) in [6.45, 7) is 6.38. The smallest absolute Gasteiger partial charge is 0.255 e. The number of fused-ring (bicyclic) bond motifs is 1. The lowest BCUT2D eigenvalue weighted by atomic mass is 10.0. The quantitative estimate of drug-likeness (QED) is 0.827. The molecule has 1 aliphatic rings. The van der Waals surface area contributed by atoms with Crippen LogP contribution in [-0.4, -0.2) is 22.8 Å². The van der Waals surface area contributed by atoms with Crippen LogP contribution in [0.5, 0.6) is 0 Å². The van der Waals surface area contributed by atoms with Crippen LogP contribution < -0.4 is 5.32 Å². The predicted molar refractivity (Wildman–Crippen MR) is 102 cm³/mol. The number of carbonyl (C=O) groups is 2. The highest BCUT2D eigenvalue weighted by molar-refractivity contribution is 9.10. The number of carbonyl (C=O) groups excluding carboxylic acids is 2. The van der Waals surface area contributed by atoms with Gasteiger partial charge in [0.15, 0.2) is 0 Å². The maximum absolute atomic E-state index is 12.9. The molecule has 5 heteroatoms. The molecule has 0 bridgehead atoms. The van der Waals surface area contributed by atoms with Crippen LogP contribution in [0.2, 0.25) is 0 Å². The normalized spacial score (nSPS) is 14.6. The van der Waals surface area contributed by atoms with E-state index >= 15 is 0 Å². The van der Waals surface area contributed by atoms with E-state index in [9.17, 15) is 9.59 Å². The van der Waals surface area contributed by atoms with E-state index in [0.717, 1.165) is 21.3 Å². The van der Waals surface area contributed by atoms with Gasteiger partial charge in [0, 0.05) is 22.3 Å². The molecular weight excluding hydrogens is 380 g/mol. The van der Waals surface area contributed by atoms with Crippen molar-refractivity contribution in [2.24, 2.45) is 5.92 Å². The monoisotopic (exact) mass is 400 g/mol. The molecule has 0 radical (unpaired) electrons. The molecular formula is C20H21BrN2O2. The van der Waals surface area contributed by atoms with Crippen molar-refractivity contribution in [3.8, 4) is 0 Å². The molecule has 0 spiro atoms. The first-order valence-electron chi connectivity index (χ1n) is 8.34. The zero-order valence-corrected chi connectivity index (χ0v) is 16.1. The topological polar surface area (TPSA) is 49.4 Å². The number of hydrogen-bond acceptors (Lipinski definition) is 2. The van der Waals surface area contributed by atoms with Crippen LogP contribution in [0.1, 0.15) is 35.3 Å². The van der Waals surface area contributed by atoms with Crippen LogP contribution in [0.25, 0.3) is 0 Å². The first-order valence-corrected chi connectivity index (χ1v) is 9.13. The molecule has 25 heavy (non-hydrogen) atoms. The van der Waals surface area contributed by atoms with E-state index in [0.29, 0.717) is 12.1 Å². The Labute approximate surface area is 156 Å². The van der Waals surface area contributed by atoms with Gasteiger partial charge in [-0.15, -0.1) is 0 Å². The number of benzene rings is 2. The number of nitrogens with one attached hydrogen (secondary N) is 1. The van der Waals surface area contributed by atoms with Gasteiger partial charge in [0.1, 0.15) is 6.04 Å². The predicted octanol–water partition coefficient (Wildman–Crippen LogP) is 4.38. The van der Waals surface area contributed by atoms with Gasteiger partial charge >= 0.3 is 0 Å². The summed E-state index contributed by atoms with van der Waals surface area (Å²) >= 11 is 3.46. The minimum absolute atomic E-state index is 0.00908. The van der Waals surface area contributed by atoms with E-state index < -0.39 is 6.04 Å². The van der Waals surface area contributed by atoms with Crippen LogP contribution in [0, 0.1) is 12.8 Å². The standard InChI is InChI=1S/C20H21BrN2O2/c1-12(2)18(19(24)22-15-8-9-17(21)13(3)10-15)23-11-14-6-4-5-7-16(14)20(23)25/h4-10,12,18H,11H2,1-3H3,(H,22,24)/t18-/m1/s1. The molecule has 2 aromatic rings. The number of hydrogen-bond donors (Lipinski definition) is 1. The lowest BCUT2D eigenvalue weighted by molar-refractivity contribution is -0.122. The van der Waals surface area contributed by atoms with Gasteiger partial charge in [0.05, 0.1) is 0 Å². The number of halogens is 1. The summed E-state index contributed by atoms with van der Waals surface area (Å²) in [5, 5.41) is 2.96. The summed E-state index contributed by atoms with van der Waals surface area (Å²) in [6.07, 6.45) is 0. The van der Waals surface area contributed by atoms with Gasteiger partial charge in [-0.1, -0.05) is 48.0 Å². The molecule has 4 nitrogen and oxygen atoms in total. The third-order valence-corrected chi connectivity index (χ3v) is 5.40. The molecule has 1 aliphatic heterocycles. The lowest BCUT2D eigenvalue weighted by Gasteiger charge is -2.30. The average Bonchev–Trinajstić information content (AvgIpc) is 2.88. The first kappa shape index (κ1) is 17.7. The van der Waals surface area contributed by atoms with Crippen LogP contribution in [0.15, 0.2) is 46.9 Å². The highest BCUT2D eigenvalue weighted by Crippen LogP contribution is 2.28. The Bertz CT molecular complexity index is 832. The molecule has 1 atom stereocenters. The van der Waals surface area contributed by atoms with Crippen LogP contribution in [0.3, 0.4) is 0 Å². The molecule has 3 rings (SSSR count). The van der Waals surface area contributed by atoms with Crippen molar-refractivity contribution in [1.29, 1.82) is 0 Å². The number of amides is 2. The van der Waals surface area contributed by atoms with Gasteiger partial charge in [-0.25, -0.2) is 0 Å². The fourth-order valence-electron chi connectivity index (χ4n) is 3.24. The summed E-state index contributed by atoms with van der Waals surface area (Å²) in [6, 6.07) is 12.7. The van der Waals surface area contributed by atoms with Gasteiger partial charge in [0.25, 0.3) is 5.91 Å². The summed E-state index contributed by atoms with van der Waals surface area (Å²) < 4.78 is 0.996. The average molecular weight is 401 g/mol. The zero-order chi connectivity index (χ0) is 18.1. The van der Waals surface area contributed by atoms with Gasteiger partial charge < -0.3 is 10.2 Å². The Morgan fingerprint density at radius 3 is 2.56 bits per heavy atom. The van der Waals surface area contributed by atoms with E-state index in [-0.39, 0.29) is 17.7 Å². The van der Waals surface area contributed by atoms with E-state index in [2.05, 4.69) is 21.2 Å². The number of aryl methyl sites for hydroxylation is 1. The van der Waals surface area contributed by atoms with E-state index in [1.807, 2.05) is 63.2 Å². The molecule has 0 saturated heterocycles. The number of anilines is 1. The summed E-state index contributed by atoms with van der Waals surface area (Å²) in [5.74, 6) is -0.218. The maximum atomic E-state index is 12.9. The second-order valence-electron chi connectivity index (χ2n) is 6.73. The van der Waals surface area contributed by atoms with Gasteiger partial charge in [-0.05, 0) is 48.2 Å². The van der Waals surface area contributed by atoms with E-state index in [1.165, 1.54) is 0 Å². The molecule has 0 saturated carbocycles. The summed E-state index contributed by atoms with van der Waals surface area (Å²) in [7, 11) is 0. The van der Waals surface area contributed by atoms with Crippen molar-refractivity contribution in [2.75, 3.05) is 5.32 Å². The zero-order valence-electron chi connectivity index (χ0n) is 14.5. The molecule has 2 amide bonds. The number of rotatable bonds is 4. The molecule has 0 aliphatic carbocycles. The molecule has 0 unspecified atom stereocenters. The molecule has 0 aromatic heterocycles. The fraction of sp³-hybridized carbons (Fsp3) is 0.300. The van der Waals surface area contributed by atoms with Gasteiger partial charge in [-0.3, -0.25) is 9.59 Å². The van der Waals surface area contributed by atoms with Crippen molar-refractivity contribution < 1.29 is 9.59 Å². The first-order chi connectivity index (χ1) is 11.9. The van der Waals surface area contributed by atoms with Crippen molar-refractivity contribution >= 4 is 33.4 Å². The highest BCUT2D eigenvalue weighted by atomic mass is 79.9.